The standard InChI is InChI=1S/C17H19BrN2O/c1-3-13(2)20(12-14-7-5-4-6-8-14)17(21)15-9-10-16(18)19-11-15/h4-11,13H,3,12H2,1-2H3. The SMILES string of the molecule is CCC(C)N(Cc1ccccc1)C(=O)c1ccc(Br)nc1. The third kappa shape index (κ3) is 4.14. The van der Waals surface area contributed by atoms with Gasteiger partial charge in [-0.15, -0.1) is 0 Å². The zero-order chi connectivity index (χ0) is 15.2. The molecule has 0 spiro atoms. The molecule has 2 rings (SSSR count). The van der Waals surface area contributed by atoms with Crippen LogP contribution in [0.4, 0.5) is 0 Å². The second-order valence-electron chi connectivity index (χ2n) is 5.05. The second-order valence-corrected chi connectivity index (χ2v) is 5.86. The van der Waals surface area contributed by atoms with Crippen molar-refractivity contribution in [3.05, 3.63) is 64.4 Å². The number of amides is 1. The molecule has 0 bridgehead atoms. The van der Waals surface area contributed by atoms with Gasteiger partial charge in [-0.25, -0.2) is 4.98 Å². The first-order valence-electron chi connectivity index (χ1n) is 7.08. The van der Waals surface area contributed by atoms with Gasteiger partial charge < -0.3 is 4.90 Å². The van der Waals surface area contributed by atoms with E-state index in [0.29, 0.717) is 12.1 Å². The van der Waals surface area contributed by atoms with Crippen LogP contribution >= 0.6 is 15.9 Å². The Labute approximate surface area is 134 Å². The fraction of sp³-hybridized carbons (Fsp3) is 0.294. The van der Waals surface area contributed by atoms with E-state index in [0.717, 1.165) is 16.6 Å². The average Bonchev–Trinajstić information content (AvgIpc) is 2.53. The maximum atomic E-state index is 12.7. The molecule has 1 heterocycles. The molecule has 110 valence electrons. The molecule has 0 radical (unpaired) electrons. The van der Waals surface area contributed by atoms with Crippen LogP contribution in [-0.4, -0.2) is 21.8 Å². The van der Waals surface area contributed by atoms with Gasteiger partial charge in [-0.1, -0.05) is 37.3 Å². The van der Waals surface area contributed by atoms with Gasteiger partial charge in [-0.05, 0) is 47.0 Å². The van der Waals surface area contributed by atoms with Crippen LogP contribution in [0.5, 0.6) is 0 Å². The largest absolute Gasteiger partial charge is 0.332 e. The highest BCUT2D eigenvalue weighted by molar-refractivity contribution is 9.10. The topological polar surface area (TPSA) is 33.2 Å². The molecule has 1 aromatic heterocycles. The van der Waals surface area contributed by atoms with Gasteiger partial charge in [0.1, 0.15) is 4.60 Å². The lowest BCUT2D eigenvalue weighted by atomic mass is 10.1. The first-order valence-corrected chi connectivity index (χ1v) is 7.87. The number of hydrogen-bond donors (Lipinski definition) is 0. The van der Waals surface area contributed by atoms with Crippen molar-refractivity contribution in [3.63, 3.8) is 0 Å². The summed E-state index contributed by atoms with van der Waals surface area (Å²) in [5.41, 5.74) is 1.76. The molecular weight excluding hydrogens is 328 g/mol. The molecule has 1 aromatic carbocycles. The normalized spacial score (nSPS) is 12.0. The van der Waals surface area contributed by atoms with Crippen LogP contribution in [0.3, 0.4) is 0 Å². The van der Waals surface area contributed by atoms with Gasteiger partial charge in [0.2, 0.25) is 0 Å². The van der Waals surface area contributed by atoms with E-state index in [1.54, 1.807) is 18.3 Å². The Morgan fingerprint density at radius 3 is 2.52 bits per heavy atom. The molecule has 3 nitrogen and oxygen atoms in total. The molecule has 0 saturated heterocycles. The summed E-state index contributed by atoms with van der Waals surface area (Å²) in [4.78, 5) is 18.8. The first-order chi connectivity index (χ1) is 10.1. The molecule has 0 saturated carbocycles. The van der Waals surface area contributed by atoms with Gasteiger partial charge >= 0.3 is 0 Å². The minimum absolute atomic E-state index is 0.0215. The minimum atomic E-state index is 0.0215. The van der Waals surface area contributed by atoms with E-state index >= 15 is 0 Å². The fourth-order valence-corrected chi connectivity index (χ4v) is 2.33. The van der Waals surface area contributed by atoms with Gasteiger partial charge in [-0.3, -0.25) is 4.79 Å². The number of hydrogen-bond acceptors (Lipinski definition) is 2. The lowest BCUT2D eigenvalue weighted by Gasteiger charge is -2.28. The Kier molecular flexibility index (Phi) is 5.51. The van der Waals surface area contributed by atoms with Crippen molar-refractivity contribution in [2.24, 2.45) is 0 Å². The van der Waals surface area contributed by atoms with E-state index in [1.165, 1.54) is 0 Å². The monoisotopic (exact) mass is 346 g/mol. The molecule has 1 amide bonds. The lowest BCUT2D eigenvalue weighted by Crippen LogP contribution is -2.37. The number of rotatable bonds is 5. The molecule has 21 heavy (non-hydrogen) atoms. The molecule has 2 aromatic rings. The molecule has 1 unspecified atom stereocenters. The maximum Gasteiger partial charge on any atom is 0.255 e. The molecule has 0 N–H and O–H groups in total. The van der Waals surface area contributed by atoms with Crippen molar-refractivity contribution >= 4 is 21.8 Å². The summed E-state index contributed by atoms with van der Waals surface area (Å²) >= 11 is 3.29. The average molecular weight is 347 g/mol. The zero-order valence-corrected chi connectivity index (χ0v) is 13.9. The summed E-state index contributed by atoms with van der Waals surface area (Å²) in [5, 5.41) is 0. The minimum Gasteiger partial charge on any atom is -0.332 e. The first kappa shape index (κ1) is 15.7. The fourth-order valence-electron chi connectivity index (χ4n) is 2.10. The predicted octanol–water partition coefficient (Wildman–Crippen LogP) is 4.29. The van der Waals surface area contributed by atoms with Crippen molar-refractivity contribution in [1.82, 2.24) is 9.88 Å². The van der Waals surface area contributed by atoms with Crippen molar-refractivity contribution in [2.45, 2.75) is 32.9 Å². The second kappa shape index (κ2) is 7.36. The molecule has 0 fully saturated rings. The van der Waals surface area contributed by atoms with Crippen LogP contribution < -0.4 is 0 Å². The summed E-state index contributed by atoms with van der Waals surface area (Å²) in [5.74, 6) is 0.0215. The summed E-state index contributed by atoms with van der Waals surface area (Å²) in [7, 11) is 0. The van der Waals surface area contributed by atoms with Crippen molar-refractivity contribution in [1.29, 1.82) is 0 Å². The molecular formula is C17H19BrN2O. The molecule has 1 atom stereocenters. The number of carbonyl (C=O) groups excluding carboxylic acids is 1. The number of aromatic nitrogens is 1. The third-order valence-corrected chi connectivity index (χ3v) is 4.02. The quantitative estimate of drug-likeness (QED) is 0.756. The number of benzene rings is 1. The number of nitrogens with zero attached hydrogens (tertiary/aromatic N) is 2. The Hall–Kier alpha value is -1.68. The van der Waals surface area contributed by atoms with Gasteiger partial charge in [-0.2, -0.15) is 0 Å². The number of carbonyl (C=O) groups is 1. The molecule has 0 aliphatic rings. The Morgan fingerprint density at radius 1 is 1.24 bits per heavy atom. The molecule has 0 aliphatic heterocycles. The van der Waals surface area contributed by atoms with Gasteiger partial charge in [0.05, 0.1) is 5.56 Å². The number of pyridine rings is 1. The zero-order valence-electron chi connectivity index (χ0n) is 12.3. The highest BCUT2D eigenvalue weighted by atomic mass is 79.9. The van der Waals surface area contributed by atoms with Gasteiger partial charge in [0, 0.05) is 18.8 Å². The van der Waals surface area contributed by atoms with E-state index in [9.17, 15) is 4.79 Å². The highest BCUT2D eigenvalue weighted by Gasteiger charge is 2.20. The van der Waals surface area contributed by atoms with Crippen LogP contribution in [0.15, 0.2) is 53.3 Å². The van der Waals surface area contributed by atoms with Crippen LogP contribution in [0.2, 0.25) is 0 Å². The van der Waals surface area contributed by atoms with Gasteiger partial charge in [0.15, 0.2) is 0 Å². The lowest BCUT2D eigenvalue weighted by molar-refractivity contribution is 0.0671. The van der Waals surface area contributed by atoms with E-state index in [1.807, 2.05) is 35.2 Å². The Balaban J connectivity index is 2.23. The highest BCUT2D eigenvalue weighted by Crippen LogP contribution is 2.16. The molecule has 4 heteroatoms. The molecule has 0 aliphatic carbocycles. The van der Waals surface area contributed by atoms with Crippen LogP contribution in [0.25, 0.3) is 0 Å². The summed E-state index contributed by atoms with van der Waals surface area (Å²) in [6.07, 6.45) is 2.54. The summed E-state index contributed by atoms with van der Waals surface area (Å²) < 4.78 is 0.734. The summed E-state index contributed by atoms with van der Waals surface area (Å²) in [6.45, 7) is 4.79. The van der Waals surface area contributed by atoms with Crippen molar-refractivity contribution in [2.75, 3.05) is 0 Å². The smallest absolute Gasteiger partial charge is 0.255 e. The maximum absolute atomic E-state index is 12.7. The van der Waals surface area contributed by atoms with E-state index in [2.05, 4.69) is 34.8 Å². The van der Waals surface area contributed by atoms with Crippen LogP contribution in [-0.2, 0) is 6.54 Å². The van der Waals surface area contributed by atoms with Gasteiger partial charge in [0.25, 0.3) is 5.91 Å². The van der Waals surface area contributed by atoms with E-state index < -0.39 is 0 Å². The predicted molar refractivity (Wildman–Crippen MR) is 88.0 cm³/mol. The van der Waals surface area contributed by atoms with Crippen LogP contribution in [0.1, 0.15) is 36.2 Å². The van der Waals surface area contributed by atoms with Crippen molar-refractivity contribution in [3.8, 4) is 0 Å². The van der Waals surface area contributed by atoms with Crippen LogP contribution in [0, 0.1) is 0 Å². The Bertz CT molecular complexity index is 583. The van der Waals surface area contributed by atoms with Crippen molar-refractivity contribution < 1.29 is 4.79 Å². The summed E-state index contributed by atoms with van der Waals surface area (Å²) in [6, 6.07) is 13.8. The van der Waals surface area contributed by atoms with E-state index in [4.69, 9.17) is 0 Å². The Morgan fingerprint density at radius 2 is 1.95 bits per heavy atom. The number of halogens is 1. The van der Waals surface area contributed by atoms with E-state index in [-0.39, 0.29) is 11.9 Å². The third-order valence-electron chi connectivity index (χ3n) is 3.55.